The second-order valence-electron chi connectivity index (χ2n) is 4.77. The third kappa shape index (κ3) is 3.17. The Morgan fingerprint density at radius 2 is 1.89 bits per heavy atom. The Bertz CT molecular complexity index is 503. The number of hydrogen-bond donors (Lipinski definition) is 1. The van der Waals surface area contributed by atoms with E-state index < -0.39 is 0 Å². The summed E-state index contributed by atoms with van der Waals surface area (Å²) in [5, 5.41) is 3.54. The summed E-state index contributed by atoms with van der Waals surface area (Å²) >= 11 is 0. The van der Waals surface area contributed by atoms with Crippen molar-refractivity contribution in [3.05, 3.63) is 65.0 Å². The maximum Gasteiger partial charge on any atom is 0.0372 e. The van der Waals surface area contributed by atoms with Crippen molar-refractivity contribution in [2.45, 2.75) is 33.4 Å². The third-order valence-electron chi connectivity index (χ3n) is 3.24. The minimum atomic E-state index is 0.354. The second-order valence-corrected chi connectivity index (χ2v) is 4.77. The molecule has 0 radical (unpaired) electrons. The van der Waals surface area contributed by atoms with Crippen LogP contribution in [0.2, 0.25) is 0 Å². The highest BCUT2D eigenvalue weighted by atomic mass is 14.9. The lowest BCUT2D eigenvalue weighted by Gasteiger charge is -2.16. The van der Waals surface area contributed by atoms with E-state index in [-0.39, 0.29) is 0 Å². The van der Waals surface area contributed by atoms with E-state index in [2.05, 4.69) is 60.5 Å². The molecule has 0 bridgehead atoms. The number of hydrogen-bond acceptors (Lipinski definition) is 2. The number of nitrogens with zero attached hydrogens (tertiary/aromatic N) is 1. The summed E-state index contributed by atoms with van der Waals surface area (Å²) in [5.74, 6) is 0. The van der Waals surface area contributed by atoms with Gasteiger partial charge in [-0.15, -0.1) is 0 Å². The molecule has 0 aliphatic heterocycles. The van der Waals surface area contributed by atoms with E-state index in [0.717, 1.165) is 12.2 Å². The first-order chi connectivity index (χ1) is 8.66. The van der Waals surface area contributed by atoms with Gasteiger partial charge in [0.15, 0.2) is 0 Å². The minimum absolute atomic E-state index is 0.354. The standard InChI is InChI=1S/C16H20N2/c1-12-6-4-5-7-16(12)14(3)18-11-15-9-8-13(2)17-10-15/h4-10,14,18H,11H2,1-3H3. The Labute approximate surface area is 109 Å². The van der Waals surface area contributed by atoms with E-state index in [9.17, 15) is 0 Å². The highest BCUT2D eigenvalue weighted by Crippen LogP contribution is 2.17. The van der Waals surface area contributed by atoms with Crippen LogP contribution in [0.25, 0.3) is 0 Å². The van der Waals surface area contributed by atoms with Crippen LogP contribution < -0.4 is 5.32 Å². The molecule has 2 nitrogen and oxygen atoms in total. The monoisotopic (exact) mass is 240 g/mol. The zero-order valence-corrected chi connectivity index (χ0v) is 11.3. The molecule has 18 heavy (non-hydrogen) atoms. The fraction of sp³-hybridized carbons (Fsp3) is 0.312. The van der Waals surface area contributed by atoms with Crippen LogP contribution in [0, 0.1) is 13.8 Å². The first-order valence-electron chi connectivity index (χ1n) is 6.37. The molecular weight excluding hydrogens is 220 g/mol. The average molecular weight is 240 g/mol. The van der Waals surface area contributed by atoms with Crippen molar-refractivity contribution in [1.29, 1.82) is 0 Å². The van der Waals surface area contributed by atoms with Gasteiger partial charge < -0.3 is 5.32 Å². The van der Waals surface area contributed by atoms with Crippen LogP contribution in [0.4, 0.5) is 0 Å². The summed E-state index contributed by atoms with van der Waals surface area (Å²) in [5.41, 5.74) is 4.98. The van der Waals surface area contributed by atoms with Gasteiger partial charge in [0.25, 0.3) is 0 Å². The molecule has 2 aromatic rings. The average Bonchev–Trinajstić information content (AvgIpc) is 2.38. The molecule has 0 aliphatic carbocycles. The topological polar surface area (TPSA) is 24.9 Å². The van der Waals surface area contributed by atoms with Crippen molar-refractivity contribution in [2.24, 2.45) is 0 Å². The summed E-state index contributed by atoms with van der Waals surface area (Å²) in [6.07, 6.45) is 1.94. The molecule has 2 rings (SSSR count). The normalized spacial score (nSPS) is 12.4. The van der Waals surface area contributed by atoms with Crippen molar-refractivity contribution in [3.63, 3.8) is 0 Å². The quantitative estimate of drug-likeness (QED) is 0.884. The molecular formula is C16H20N2. The van der Waals surface area contributed by atoms with Gasteiger partial charge >= 0.3 is 0 Å². The molecule has 0 amide bonds. The Kier molecular flexibility index (Phi) is 4.11. The Morgan fingerprint density at radius 1 is 1.11 bits per heavy atom. The van der Waals surface area contributed by atoms with Gasteiger partial charge in [0.05, 0.1) is 0 Å². The minimum Gasteiger partial charge on any atom is -0.306 e. The predicted molar refractivity (Wildman–Crippen MR) is 75.4 cm³/mol. The molecule has 94 valence electrons. The van der Waals surface area contributed by atoms with Crippen LogP contribution in [0.15, 0.2) is 42.6 Å². The lowest BCUT2D eigenvalue weighted by Crippen LogP contribution is -2.18. The Hall–Kier alpha value is -1.67. The molecule has 0 saturated heterocycles. The summed E-state index contributed by atoms with van der Waals surface area (Å²) in [7, 11) is 0. The highest BCUT2D eigenvalue weighted by molar-refractivity contribution is 5.28. The molecule has 1 unspecified atom stereocenters. The van der Waals surface area contributed by atoms with E-state index in [4.69, 9.17) is 0 Å². The molecule has 1 aromatic carbocycles. The van der Waals surface area contributed by atoms with E-state index in [1.54, 1.807) is 0 Å². The molecule has 1 aromatic heterocycles. The maximum atomic E-state index is 4.31. The predicted octanol–water partition coefficient (Wildman–Crippen LogP) is 3.55. The van der Waals surface area contributed by atoms with Gasteiger partial charge in [0.1, 0.15) is 0 Å². The molecule has 1 atom stereocenters. The number of aryl methyl sites for hydroxylation is 2. The van der Waals surface area contributed by atoms with E-state index in [1.807, 2.05) is 13.1 Å². The summed E-state index contributed by atoms with van der Waals surface area (Å²) in [6, 6.07) is 13.0. The van der Waals surface area contributed by atoms with Gasteiger partial charge in [0, 0.05) is 24.5 Å². The number of nitrogens with one attached hydrogen (secondary N) is 1. The number of aromatic nitrogens is 1. The fourth-order valence-electron chi connectivity index (χ4n) is 2.06. The largest absolute Gasteiger partial charge is 0.306 e. The van der Waals surface area contributed by atoms with Crippen molar-refractivity contribution >= 4 is 0 Å². The van der Waals surface area contributed by atoms with Crippen LogP contribution >= 0.6 is 0 Å². The Balaban J connectivity index is 1.98. The Morgan fingerprint density at radius 3 is 2.56 bits per heavy atom. The first-order valence-corrected chi connectivity index (χ1v) is 6.37. The van der Waals surface area contributed by atoms with Crippen molar-refractivity contribution < 1.29 is 0 Å². The third-order valence-corrected chi connectivity index (χ3v) is 3.24. The SMILES string of the molecule is Cc1ccc(CNC(C)c2ccccc2C)cn1. The zero-order chi connectivity index (χ0) is 13.0. The fourth-order valence-corrected chi connectivity index (χ4v) is 2.06. The lowest BCUT2D eigenvalue weighted by molar-refractivity contribution is 0.571. The molecule has 0 fully saturated rings. The van der Waals surface area contributed by atoms with Crippen LogP contribution in [-0.2, 0) is 6.54 Å². The van der Waals surface area contributed by atoms with E-state index in [1.165, 1.54) is 16.7 Å². The van der Waals surface area contributed by atoms with Crippen LogP contribution in [0.3, 0.4) is 0 Å². The molecule has 1 heterocycles. The lowest BCUT2D eigenvalue weighted by atomic mass is 10.0. The van der Waals surface area contributed by atoms with E-state index in [0.29, 0.717) is 6.04 Å². The van der Waals surface area contributed by atoms with Gasteiger partial charge in [0.2, 0.25) is 0 Å². The molecule has 0 saturated carbocycles. The van der Waals surface area contributed by atoms with Gasteiger partial charge in [-0.2, -0.15) is 0 Å². The van der Waals surface area contributed by atoms with Crippen molar-refractivity contribution in [3.8, 4) is 0 Å². The summed E-state index contributed by atoms with van der Waals surface area (Å²) in [6.45, 7) is 7.21. The molecule has 0 aliphatic rings. The molecule has 2 heteroatoms. The van der Waals surface area contributed by atoms with Crippen molar-refractivity contribution in [2.75, 3.05) is 0 Å². The van der Waals surface area contributed by atoms with E-state index >= 15 is 0 Å². The van der Waals surface area contributed by atoms with Crippen molar-refractivity contribution in [1.82, 2.24) is 10.3 Å². The number of benzene rings is 1. The van der Waals surface area contributed by atoms with Gasteiger partial charge in [-0.25, -0.2) is 0 Å². The first kappa shape index (κ1) is 12.8. The van der Waals surface area contributed by atoms with Gasteiger partial charge in [-0.05, 0) is 43.5 Å². The molecule has 1 N–H and O–H groups in total. The van der Waals surface area contributed by atoms with Crippen LogP contribution in [0.1, 0.15) is 35.3 Å². The number of rotatable bonds is 4. The summed E-state index contributed by atoms with van der Waals surface area (Å²) < 4.78 is 0. The van der Waals surface area contributed by atoms with Crippen LogP contribution in [0.5, 0.6) is 0 Å². The highest BCUT2D eigenvalue weighted by Gasteiger charge is 2.06. The summed E-state index contributed by atoms with van der Waals surface area (Å²) in [4.78, 5) is 4.31. The maximum absolute atomic E-state index is 4.31. The number of pyridine rings is 1. The zero-order valence-electron chi connectivity index (χ0n) is 11.3. The second kappa shape index (κ2) is 5.78. The van der Waals surface area contributed by atoms with Crippen LogP contribution in [-0.4, -0.2) is 4.98 Å². The smallest absolute Gasteiger partial charge is 0.0372 e. The van der Waals surface area contributed by atoms with Gasteiger partial charge in [-0.3, -0.25) is 4.98 Å². The molecule has 0 spiro atoms. The van der Waals surface area contributed by atoms with Gasteiger partial charge in [-0.1, -0.05) is 30.3 Å².